The van der Waals surface area contributed by atoms with Crippen LogP contribution in [0.4, 0.5) is 19.3 Å². The monoisotopic (exact) mass is 361 g/mol. The smallest absolute Gasteiger partial charge is 0.414 e. The lowest BCUT2D eigenvalue weighted by atomic mass is 10.1. The molecule has 9 heteroatoms. The van der Waals surface area contributed by atoms with Crippen LogP contribution in [-0.2, 0) is 4.74 Å². The fourth-order valence-corrected chi connectivity index (χ4v) is 2.70. The summed E-state index contributed by atoms with van der Waals surface area (Å²) in [6.45, 7) is 0.196. The fourth-order valence-electron chi connectivity index (χ4n) is 2.70. The third kappa shape index (κ3) is 3.89. The summed E-state index contributed by atoms with van der Waals surface area (Å²) < 4.78 is 32.3. The zero-order chi connectivity index (χ0) is 18.7. The average molecular weight is 361 g/mol. The molecule has 26 heavy (non-hydrogen) atoms. The second-order valence-corrected chi connectivity index (χ2v) is 5.73. The minimum Gasteiger partial charge on any atom is -0.442 e. The van der Waals surface area contributed by atoms with Crippen LogP contribution in [0.2, 0.25) is 0 Å². The van der Waals surface area contributed by atoms with Gasteiger partial charge in [-0.25, -0.2) is 15.0 Å². The molecule has 1 unspecified atom stereocenters. The molecule has 0 bridgehead atoms. The molecule has 136 valence electrons. The van der Waals surface area contributed by atoms with Crippen molar-refractivity contribution in [3.8, 4) is 11.1 Å². The van der Waals surface area contributed by atoms with Gasteiger partial charge in [0.2, 0.25) is 5.95 Å². The van der Waals surface area contributed by atoms with Gasteiger partial charge in [0.25, 0.3) is 0 Å². The van der Waals surface area contributed by atoms with E-state index in [2.05, 4.69) is 4.98 Å². The average Bonchev–Trinajstić information content (AvgIpc) is 2.95. The lowest BCUT2D eigenvalue weighted by Gasteiger charge is -2.17. The Morgan fingerprint density at radius 1 is 1.46 bits per heavy atom. The molecule has 1 aliphatic heterocycles. The maximum atomic E-state index is 14.5. The molecule has 2 aromatic rings. The summed E-state index contributed by atoms with van der Waals surface area (Å²) in [7, 11) is 0. The van der Waals surface area contributed by atoms with E-state index in [0.29, 0.717) is 16.8 Å². The number of nitrogens with zero attached hydrogens (tertiary/aromatic N) is 3. The van der Waals surface area contributed by atoms with Crippen molar-refractivity contribution in [2.24, 2.45) is 11.6 Å². The Hall–Kier alpha value is -3.20. The van der Waals surface area contributed by atoms with Crippen LogP contribution in [0.1, 0.15) is 0 Å². The van der Waals surface area contributed by atoms with Crippen molar-refractivity contribution in [1.29, 1.82) is 0 Å². The largest absolute Gasteiger partial charge is 0.442 e. The second-order valence-electron chi connectivity index (χ2n) is 5.73. The highest BCUT2D eigenvalue weighted by Gasteiger charge is 2.33. The Kier molecular flexibility index (Phi) is 4.99. The van der Waals surface area contributed by atoms with Gasteiger partial charge >= 0.3 is 6.09 Å². The highest BCUT2D eigenvalue weighted by atomic mass is 19.1. The minimum absolute atomic E-state index is 0.0448. The number of nitrogens with two attached hydrogens (primary N) is 2. The molecule has 0 radical (unpaired) electrons. The number of rotatable bonds is 5. The number of hydrogen-bond donors (Lipinski definition) is 2. The van der Waals surface area contributed by atoms with Crippen LogP contribution in [0.3, 0.4) is 0 Å². The van der Waals surface area contributed by atoms with E-state index in [0.717, 1.165) is 11.2 Å². The SMILES string of the molecule is N/C(F)=C\N(N)CC1CN(c2ccc(-c3cccnc3)c(F)c2)C(=O)O1. The molecule has 4 N–H and O–H groups in total. The summed E-state index contributed by atoms with van der Waals surface area (Å²) in [4.78, 5) is 17.3. The fraction of sp³-hybridized carbons (Fsp3) is 0.176. The minimum atomic E-state index is -0.957. The quantitative estimate of drug-likeness (QED) is 0.481. The molecule has 1 aromatic heterocycles. The Morgan fingerprint density at radius 3 is 2.92 bits per heavy atom. The maximum Gasteiger partial charge on any atom is 0.414 e. The van der Waals surface area contributed by atoms with Gasteiger partial charge in [0, 0.05) is 23.5 Å². The van der Waals surface area contributed by atoms with Gasteiger partial charge in [-0.15, -0.1) is 0 Å². The van der Waals surface area contributed by atoms with Crippen LogP contribution < -0.4 is 16.5 Å². The molecule has 7 nitrogen and oxygen atoms in total. The number of carbonyl (C=O) groups excluding carboxylic acids is 1. The first kappa shape index (κ1) is 17.6. The third-order valence-electron chi connectivity index (χ3n) is 3.81. The predicted molar refractivity (Wildman–Crippen MR) is 91.5 cm³/mol. The van der Waals surface area contributed by atoms with Crippen LogP contribution in [-0.4, -0.2) is 35.3 Å². The molecular weight excluding hydrogens is 344 g/mol. The Balaban J connectivity index is 1.74. The lowest BCUT2D eigenvalue weighted by Crippen LogP contribution is -2.36. The number of aromatic nitrogens is 1. The molecule has 3 rings (SSSR count). The number of halogens is 2. The van der Waals surface area contributed by atoms with Gasteiger partial charge in [-0.3, -0.25) is 9.88 Å². The number of hydrazine groups is 1. The van der Waals surface area contributed by atoms with E-state index in [-0.39, 0.29) is 13.1 Å². The number of amides is 1. The first-order valence-electron chi connectivity index (χ1n) is 7.76. The lowest BCUT2D eigenvalue weighted by molar-refractivity contribution is 0.122. The molecule has 0 saturated carbocycles. The molecule has 1 saturated heterocycles. The summed E-state index contributed by atoms with van der Waals surface area (Å²) >= 11 is 0. The molecule has 1 amide bonds. The summed E-state index contributed by atoms with van der Waals surface area (Å²) in [6.07, 6.45) is 2.80. The molecule has 0 spiro atoms. The first-order valence-corrected chi connectivity index (χ1v) is 7.76. The normalized spacial score (nSPS) is 17.3. The number of cyclic esters (lactones) is 1. The molecule has 1 aliphatic rings. The predicted octanol–water partition coefficient (Wildman–Crippen LogP) is 2.12. The van der Waals surface area contributed by atoms with Crippen molar-refractivity contribution in [2.75, 3.05) is 18.0 Å². The topological polar surface area (TPSA) is 97.7 Å². The number of carbonyl (C=O) groups is 1. The van der Waals surface area contributed by atoms with Crippen molar-refractivity contribution in [1.82, 2.24) is 9.99 Å². The summed E-state index contributed by atoms with van der Waals surface area (Å²) in [5, 5.41) is 0.989. The summed E-state index contributed by atoms with van der Waals surface area (Å²) in [6, 6.07) is 7.90. The molecule has 0 aliphatic carbocycles. The highest BCUT2D eigenvalue weighted by molar-refractivity contribution is 5.90. The van der Waals surface area contributed by atoms with E-state index in [1.165, 1.54) is 11.0 Å². The van der Waals surface area contributed by atoms with Crippen LogP contribution in [0.5, 0.6) is 0 Å². The van der Waals surface area contributed by atoms with Gasteiger partial charge in [-0.05, 0) is 24.3 Å². The molecular formula is C17H17F2N5O2. The van der Waals surface area contributed by atoms with Crippen LogP contribution >= 0.6 is 0 Å². The van der Waals surface area contributed by atoms with Gasteiger partial charge in [-0.2, -0.15) is 4.39 Å². The van der Waals surface area contributed by atoms with E-state index in [4.69, 9.17) is 16.3 Å². The van der Waals surface area contributed by atoms with Crippen molar-refractivity contribution < 1.29 is 18.3 Å². The number of ether oxygens (including phenoxy) is 1. The van der Waals surface area contributed by atoms with Crippen LogP contribution in [0.15, 0.2) is 54.9 Å². The summed E-state index contributed by atoms with van der Waals surface area (Å²) in [5.74, 6) is 4.11. The number of hydrogen-bond acceptors (Lipinski definition) is 6. The molecule has 2 heterocycles. The van der Waals surface area contributed by atoms with Gasteiger partial charge in [0.15, 0.2) is 0 Å². The van der Waals surface area contributed by atoms with E-state index in [1.54, 1.807) is 36.7 Å². The van der Waals surface area contributed by atoms with Crippen LogP contribution in [0, 0.1) is 5.82 Å². The Morgan fingerprint density at radius 2 is 2.27 bits per heavy atom. The summed E-state index contributed by atoms with van der Waals surface area (Å²) in [5.41, 5.74) is 6.26. The maximum absolute atomic E-state index is 14.5. The van der Waals surface area contributed by atoms with Crippen molar-refractivity contribution in [2.45, 2.75) is 6.10 Å². The molecule has 1 fully saturated rings. The molecule has 1 aromatic carbocycles. The zero-order valence-electron chi connectivity index (χ0n) is 13.7. The standard InChI is InChI=1S/C17H17F2N5O2/c18-15-6-12(3-4-14(15)11-2-1-5-22-7-11)24-9-13(26-17(24)25)8-23(21)10-16(19)20/h1-7,10,13H,8-9,20-21H2/b16-10-. The number of pyridine rings is 1. The second kappa shape index (κ2) is 7.36. The van der Waals surface area contributed by atoms with E-state index in [1.807, 2.05) is 0 Å². The number of benzene rings is 1. The van der Waals surface area contributed by atoms with E-state index in [9.17, 15) is 13.6 Å². The van der Waals surface area contributed by atoms with Crippen molar-refractivity contribution >= 4 is 11.8 Å². The van der Waals surface area contributed by atoms with Crippen LogP contribution in [0.25, 0.3) is 11.1 Å². The van der Waals surface area contributed by atoms with Gasteiger partial charge in [-0.1, -0.05) is 6.07 Å². The zero-order valence-corrected chi connectivity index (χ0v) is 13.7. The van der Waals surface area contributed by atoms with E-state index < -0.39 is 24.0 Å². The van der Waals surface area contributed by atoms with Crippen molar-refractivity contribution in [3.63, 3.8) is 0 Å². The van der Waals surface area contributed by atoms with Gasteiger partial charge < -0.3 is 15.5 Å². The third-order valence-corrected chi connectivity index (χ3v) is 3.81. The highest BCUT2D eigenvalue weighted by Crippen LogP contribution is 2.28. The van der Waals surface area contributed by atoms with Crippen molar-refractivity contribution in [3.05, 3.63) is 60.7 Å². The van der Waals surface area contributed by atoms with Gasteiger partial charge in [0.1, 0.15) is 11.9 Å². The Bertz CT molecular complexity index is 827. The first-order chi connectivity index (χ1) is 12.4. The Labute approximate surface area is 148 Å². The van der Waals surface area contributed by atoms with Gasteiger partial charge in [0.05, 0.1) is 25.0 Å². The molecule has 1 atom stereocenters. The van der Waals surface area contributed by atoms with E-state index >= 15 is 0 Å². The number of anilines is 1.